The fraction of sp³-hybridized carbons (Fsp3) is 0.588. The predicted molar refractivity (Wildman–Crippen MR) is 84.4 cm³/mol. The second-order valence-electron chi connectivity index (χ2n) is 6.57. The molecule has 2 aliphatic carbocycles. The van der Waals surface area contributed by atoms with Gasteiger partial charge in [-0.2, -0.15) is 11.8 Å². The number of benzene rings is 1. The molecule has 21 heavy (non-hydrogen) atoms. The Balaban J connectivity index is 1.47. The highest BCUT2D eigenvalue weighted by molar-refractivity contribution is 7.99. The Morgan fingerprint density at radius 3 is 2.86 bits per heavy atom. The number of fused-ring (bicyclic) bond motifs is 3. The zero-order chi connectivity index (χ0) is 14.4. The molecule has 0 spiro atoms. The monoisotopic (exact) mass is 303 g/mol. The molecule has 2 fully saturated rings. The fourth-order valence-corrected chi connectivity index (χ4v) is 5.15. The molecule has 1 aromatic rings. The number of nitrogens with one attached hydrogen (secondary N) is 1. The molecule has 1 saturated heterocycles. The Hall–Kier alpha value is -1.00. The molecular formula is C17H21NO2S. The van der Waals surface area contributed by atoms with Gasteiger partial charge in [-0.05, 0) is 54.2 Å². The minimum atomic E-state index is -1.13. The van der Waals surface area contributed by atoms with Gasteiger partial charge >= 0.3 is 0 Å². The lowest BCUT2D eigenvalue weighted by molar-refractivity contribution is -0.140. The number of carbonyl (C=O) groups is 1. The Morgan fingerprint density at radius 2 is 2.05 bits per heavy atom. The standard InChI is InChI=1S/C17H21NO2S/c19-16(17(20)7-9-21-10-8-17)18-15-13-6-5-11-3-1-2-4-12(11)14(13)15/h1-4,13-15,20H,5-10H2,(H,18,19). The quantitative estimate of drug-likeness (QED) is 0.879. The van der Waals surface area contributed by atoms with E-state index in [9.17, 15) is 9.90 Å². The number of carbonyl (C=O) groups excluding carboxylic acids is 1. The number of aliphatic hydroxyl groups is 1. The van der Waals surface area contributed by atoms with Crippen molar-refractivity contribution in [2.75, 3.05) is 11.5 Å². The Kier molecular flexibility index (Phi) is 3.27. The van der Waals surface area contributed by atoms with Crippen molar-refractivity contribution in [3.63, 3.8) is 0 Å². The van der Waals surface area contributed by atoms with E-state index in [1.54, 1.807) is 0 Å². The predicted octanol–water partition coefficient (Wildman–Crippen LogP) is 2.09. The zero-order valence-electron chi connectivity index (χ0n) is 12.0. The Bertz CT molecular complexity index is 568. The van der Waals surface area contributed by atoms with Crippen molar-refractivity contribution in [3.8, 4) is 0 Å². The van der Waals surface area contributed by atoms with Crippen LogP contribution in [0, 0.1) is 5.92 Å². The van der Waals surface area contributed by atoms with Crippen molar-refractivity contribution >= 4 is 17.7 Å². The van der Waals surface area contributed by atoms with Crippen molar-refractivity contribution in [1.29, 1.82) is 0 Å². The topological polar surface area (TPSA) is 49.3 Å². The maximum Gasteiger partial charge on any atom is 0.252 e. The lowest BCUT2D eigenvalue weighted by atomic mass is 9.92. The molecule has 112 valence electrons. The second kappa shape index (κ2) is 5.03. The van der Waals surface area contributed by atoms with Crippen LogP contribution in [0.1, 0.15) is 36.3 Å². The van der Waals surface area contributed by atoms with E-state index in [0.717, 1.165) is 24.3 Å². The van der Waals surface area contributed by atoms with Gasteiger partial charge in [-0.15, -0.1) is 0 Å². The smallest absolute Gasteiger partial charge is 0.252 e. The average molecular weight is 303 g/mol. The van der Waals surface area contributed by atoms with E-state index in [1.807, 2.05) is 11.8 Å². The third kappa shape index (κ3) is 2.29. The number of amides is 1. The van der Waals surface area contributed by atoms with Crippen LogP contribution in [-0.2, 0) is 11.2 Å². The van der Waals surface area contributed by atoms with Gasteiger partial charge in [-0.25, -0.2) is 0 Å². The number of aryl methyl sites for hydroxylation is 1. The highest BCUT2D eigenvalue weighted by atomic mass is 32.2. The van der Waals surface area contributed by atoms with Gasteiger partial charge in [-0.1, -0.05) is 24.3 Å². The van der Waals surface area contributed by atoms with E-state index in [0.29, 0.717) is 24.7 Å². The van der Waals surface area contributed by atoms with Crippen LogP contribution >= 0.6 is 11.8 Å². The van der Waals surface area contributed by atoms with Crippen LogP contribution in [0.15, 0.2) is 24.3 Å². The van der Waals surface area contributed by atoms with E-state index < -0.39 is 5.60 Å². The summed E-state index contributed by atoms with van der Waals surface area (Å²) in [5.41, 5.74) is 1.71. The van der Waals surface area contributed by atoms with Crippen LogP contribution in [0.25, 0.3) is 0 Å². The number of hydrogen-bond acceptors (Lipinski definition) is 3. The summed E-state index contributed by atoms with van der Waals surface area (Å²) < 4.78 is 0. The van der Waals surface area contributed by atoms with Crippen LogP contribution in [0.2, 0.25) is 0 Å². The van der Waals surface area contributed by atoms with E-state index >= 15 is 0 Å². The molecule has 4 heteroatoms. The minimum Gasteiger partial charge on any atom is -0.380 e. The molecular weight excluding hydrogens is 282 g/mol. The molecule has 0 radical (unpaired) electrons. The number of rotatable bonds is 2. The molecule has 3 aliphatic rings. The molecule has 0 bridgehead atoms. The fourth-order valence-electron chi connectivity index (χ4n) is 3.98. The van der Waals surface area contributed by atoms with Crippen LogP contribution in [0.5, 0.6) is 0 Å². The molecule has 0 aromatic heterocycles. The van der Waals surface area contributed by atoms with Crippen LogP contribution in [-0.4, -0.2) is 34.2 Å². The zero-order valence-corrected chi connectivity index (χ0v) is 12.9. The third-order valence-corrected chi connectivity index (χ3v) is 6.36. The summed E-state index contributed by atoms with van der Waals surface area (Å²) in [7, 11) is 0. The molecule has 1 amide bonds. The largest absolute Gasteiger partial charge is 0.380 e. The molecule has 3 atom stereocenters. The first-order valence-corrected chi connectivity index (χ1v) is 9.03. The molecule has 1 heterocycles. The lowest BCUT2D eigenvalue weighted by Gasteiger charge is -2.30. The molecule has 1 aliphatic heterocycles. The molecule has 1 saturated carbocycles. The van der Waals surface area contributed by atoms with Crippen molar-refractivity contribution < 1.29 is 9.90 Å². The van der Waals surface area contributed by atoms with Crippen molar-refractivity contribution in [2.45, 2.75) is 43.2 Å². The summed E-state index contributed by atoms with van der Waals surface area (Å²) in [4.78, 5) is 12.5. The Morgan fingerprint density at radius 1 is 1.29 bits per heavy atom. The van der Waals surface area contributed by atoms with E-state index in [-0.39, 0.29) is 11.9 Å². The van der Waals surface area contributed by atoms with Crippen LogP contribution in [0.4, 0.5) is 0 Å². The molecule has 3 unspecified atom stereocenters. The SMILES string of the molecule is O=C(NC1C2CCc3ccccc3C21)C1(O)CCSCC1. The van der Waals surface area contributed by atoms with Gasteiger partial charge in [0.05, 0.1) is 0 Å². The normalized spacial score (nSPS) is 32.7. The van der Waals surface area contributed by atoms with E-state index in [1.165, 1.54) is 11.1 Å². The summed E-state index contributed by atoms with van der Waals surface area (Å²) >= 11 is 1.82. The average Bonchev–Trinajstić information content (AvgIpc) is 3.22. The van der Waals surface area contributed by atoms with Crippen molar-refractivity contribution in [2.24, 2.45) is 5.92 Å². The van der Waals surface area contributed by atoms with E-state index in [4.69, 9.17) is 0 Å². The lowest BCUT2D eigenvalue weighted by Crippen LogP contribution is -2.50. The third-order valence-electron chi connectivity index (χ3n) is 5.37. The van der Waals surface area contributed by atoms with E-state index in [2.05, 4.69) is 29.6 Å². The minimum absolute atomic E-state index is 0.139. The second-order valence-corrected chi connectivity index (χ2v) is 7.80. The first-order valence-electron chi connectivity index (χ1n) is 7.88. The molecule has 3 nitrogen and oxygen atoms in total. The van der Waals surface area contributed by atoms with Gasteiger partial charge in [0.25, 0.3) is 5.91 Å². The van der Waals surface area contributed by atoms with Gasteiger partial charge in [0.2, 0.25) is 0 Å². The molecule has 2 N–H and O–H groups in total. The van der Waals surface area contributed by atoms with Gasteiger partial charge in [-0.3, -0.25) is 4.79 Å². The highest BCUT2D eigenvalue weighted by Gasteiger charge is 2.55. The summed E-state index contributed by atoms with van der Waals surface area (Å²) in [6.45, 7) is 0. The first kappa shape index (κ1) is 13.6. The van der Waals surface area contributed by atoms with Crippen LogP contribution < -0.4 is 5.32 Å². The van der Waals surface area contributed by atoms with Gasteiger partial charge in [0, 0.05) is 12.0 Å². The summed E-state index contributed by atoms with van der Waals surface area (Å²) in [6.07, 6.45) is 3.44. The summed E-state index contributed by atoms with van der Waals surface area (Å²) in [5, 5.41) is 13.7. The van der Waals surface area contributed by atoms with Crippen LogP contribution in [0.3, 0.4) is 0 Å². The van der Waals surface area contributed by atoms with Crippen molar-refractivity contribution in [3.05, 3.63) is 35.4 Å². The number of thioether (sulfide) groups is 1. The summed E-state index contributed by atoms with van der Waals surface area (Å²) in [5.74, 6) is 2.67. The highest BCUT2D eigenvalue weighted by Crippen LogP contribution is 2.54. The summed E-state index contributed by atoms with van der Waals surface area (Å²) in [6, 6.07) is 8.82. The number of hydrogen-bond donors (Lipinski definition) is 2. The Labute approximate surface area is 129 Å². The maximum absolute atomic E-state index is 12.5. The van der Waals surface area contributed by atoms with Crippen molar-refractivity contribution in [1.82, 2.24) is 5.32 Å². The molecule has 1 aromatic carbocycles. The van der Waals surface area contributed by atoms with Gasteiger partial charge in [0.15, 0.2) is 0 Å². The molecule has 4 rings (SSSR count). The maximum atomic E-state index is 12.5. The van der Waals surface area contributed by atoms with Gasteiger partial charge in [0.1, 0.15) is 5.60 Å². The first-order chi connectivity index (χ1) is 10.2. The van der Waals surface area contributed by atoms with Gasteiger partial charge < -0.3 is 10.4 Å².